The van der Waals surface area contributed by atoms with Crippen molar-refractivity contribution in [2.75, 3.05) is 25.4 Å². The van der Waals surface area contributed by atoms with Gasteiger partial charge in [0.25, 0.3) is 0 Å². The van der Waals surface area contributed by atoms with Crippen LogP contribution < -0.4 is 0 Å². The van der Waals surface area contributed by atoms with Crippen LogP contribution in [0.25, 0.3) is 0 Å². The molecule has 2 atom stereocenters. The van der Waals surface area contributed by atoms with Gasteiger partial charge in [-0.25, -0.2) is 0 Å². The topological polar surface area (TPSA) is 3.24 Å². The summed E-state index contributed by atoms with van der Waals surface area (Å²) in [5.41, 5.74) is 0. The van der Waals surface area contributed by atoms with Gasteiger partial charge in [0.05, 0.1) is 0 Å². The molecular weight excluding hydrogens is 190 g/mol. The molecule has 1 nitrogen and oxygen atoms in total. The molecular formula is C12H25NS. The van der Waals surface area contributed by atoms with Gasteiger partial charge in [0.1, 0.15) is 0 Å². The highest BCUT2D eigenvalue weighted by Gasteiger charge is 2.23. The van der Waals surface area contributed by atoms with E-state index in [4.69, 9.17) is 0 Å². The summed E-state index contributed by atoms with van der Waals surface area (Å²) in [4.78, 5) is 2.63. The van der Waals surface area contributed by atoms with Crippen molar-refractivity contribution in [1.82, 2.24) is 4.90 Å². The van der Waals surface area contributed by atoms with Gasteiger partial charge in [0, 0.05) is 13.1 Å². The molecule has 2 heteroatoms. The van der Waals surface area contributed by atoms with E-state index in [-0.39, 0.29) is 0 Å². The van der Waals surface area contributed by atoms with Crippen molar-refractivity contribution in [1.29, 1.82) is 0 Å². The molecule has 0 aromatic heterocycles. The Kier molecular flexibility index (Phi) is 5.32. The molecule has 2 unspecified atom stereocenters. The van der Waals surface area contributed by atoms with E-state index in [9.17, 15) is 0 Å². The zero-order valence-electron chi connectivity index (χ0n) is 9.87. The van der Waals surface area contributed by atoms with Crippen LogP contribution in [0.2, 0.25) is 0 Å². The summed E-state index contributed by atoms with van der Waals surface area (Å²) in [6.45, 7) is 10.8. The molecule has 1 saturated heterocycles. The van der Waals surface area contributed by atoms with Gasteiger partial charge in [-0.1, -0.05) is 27.2 Å². The highest BCUT2D eigenvalue weighted by molar-refractivity contribution is 7.80. The van der Waals surface area contributed by atoms with Crippen LogP contribution in [0.4, 0.5) is 0 Å². The van der Waals surface area contributed by atoms with Crippen LogP contribution in [-0.2, 0) is 0 Å². The van der Waals surface area contributed by atoms with Crippen LogP contribution in [0.3, 0.4) is 0 Å². The average Bonchev–Trinajstić information content (AvgIpc) is 2.61. The lowest BCUT2D eigenvalue weighted by Crippen LogP contribution is -2.31. The monoisotopic (exact) mass is 215 g/mol. The van der Waals surface area contributed by atoms with Crippen molar-refractivity contribution in [3.05, 3.63) is 0 Å². The summed E-state index contributed by atoms with van der Waals surface area (Å²) in [6, 6.07) is 0. The van der Waals surface area contributed by atoms with Crippen LogP contribution >= 0.6 is 12.6 Å². The first kappa shape index (κ1) is 12.4. The van der Waals surface area contributed by atoms with E-state index in [1.165, 1.54) is 32.5 Å². The molecule has 0 aromatic carbocycles. The highest BCUT2D eigenvalue weighted by atomic mass is 32.1. The molecule has 0 spiro atoms. The number of rotatable bonds is 5. The second-order valence-corrected chi connectivity index (χ2v) is 5.37. The maximum Gasteiger partial charge on any atom is 0.00200 e. The molecule has 1 fully saturated rings. The molecule has 1 heterocycles. The summed E-state index contributed by atoms with van der Waals surface area (Å²) >= 11 is 4.45. The normalized spacial score (nSPS) is 25.9. The van der Waals surface area contributed by atoms with E-state index in [0.29, 0.717) is 0 Å². The molecule has 0 amide bonds. The maximum absolute atomic E-state index is 4.45. The lowest BCUT2D eigenvalue weighted by Gasteiger charge is -2.25. The Balaban J connectivity index is 2.30. The Bertz CT molecular complexity index is 158. The fourth-order valence-electron chi connectivity index (χ4n) is 2.22. The summed E-state index contributed by atoms with van der Waals surface area (Å²) < 4.78 is 0. The molecule has 14 heavy (non-hydrogen) atoms. The molecule has 0 radical (unpaired) electrons. The van der Waals surface area contributed by atoms with Crippen molar-refractivity contribution in [2.45, 2.75) is 33.6 Å². The minimum Gasteiger partial charge on any atom is -0.303 e. The van der Waals surface area contributed by atoms with Crippen LogP contribution in [0.5, 0.6) is 0 Å². The Hall–Kier alpha value is 0.310. The smallest absolute Gasteiger partial charge is 0.00200 e. The number of hydrogen-bond donors (Lipinski definition) is 1. The summed E-state index contributed by atoms with van der Waals surface area (Å²) in [6.07, 6.45) is 2.76. The molecule has 1 aliphatic heterocycles. The quantitative estimate of drug-likeness (QED) is 0.690. The Morgan fingerprint density at radius 3 is 2.57 bits per heavy atom. The van der Waals surface area contributed by atoms with Gasteiger partial charge < -0.3 is 4.90 Å². The average molecular weight is 215 g/mol. The minimum absolute atomic E-state index is 0.771. The van der Waals surface area contributed by atoms with E-state index in [1.807, 2.05) is 0 Å². The first-order valence-corrected chi connectivity index (χ1v) is 6.63. The first-order chi connectivity index (χ1) is 6.67. The van der Waals surface area contributed by atoms with Crippen LogP contribution in [0, 0.1) is 17.8 Å². The number of hydrogen-bond acceptors (Lipinski definition) is 2. The molecule has 0 aliphatic carbocycles. The molecule has 0 N–H and O–H groups in total. The Morgan fingerprint density at radius 1 is 1.43 bits per heavy atom. The standard InChI is InChI=1S/C12H25NS/c1-4-11-5-6-13(7-11)8-12(9-14)10(2)3/h10-12,14H,4-9H2,1-3H3. The second kappa shape index (κ2) is 6.02. The van der Waals surface area contributed by atoms with Gasteiger partial charge in [-0.3, -0.25) is 0 Å². The van der Waals surface area contributed by atoms with Gasteiger partial charge in [0.15, 0.2) is 0 Å². The Morgan fingerprint density at radius 2 is 2.14 bits per heavy atom. The van der Waals surface area contributed by atoms with Gasteiger partial charge in [-0.2, -0.15) is 12.6 Å². The summed E-state index contributed by atoms with van der Waals surface area (Å²) in [5, 5.41) is 0. The third kappa shape index (κ3) is 3.47. The van der Waals surface area contributed by atoms with Crippen molar-refractivity contribution in [2.24, 2.45) is 17.8 Å². The molecule has 1 rings (SSSR count). The fraction of sp³-hybridized carbons (Fsp3) is 1.00. The first-order valence-electron chi connectivity index (χ1n) is 6.00. The fourth-order valence-corrected chi connectivity index (χ4v) is 2.76. The van der Waals surface area contributed by atoms with E-state index in [2.05, 4.69) is 38.3 Å². The third-order valence-electron chi connectivity index (χ3n) is 3.62. The second-order valence-electron chi connectivity index (χ2n) is 5.01. The number of nitrogens with zero attached hydrogens (tertiary/aromatic N) is 1. The number of thiol groups is 1. The van der Waals surface area contributed by atoms with Gasteiger partial charge in [0.2, 0.25) is 0 Å². The van der Waals surface area contributed by atoms with Crippen LogP contribution in [-0.4, -0.2) is 30.3 Å². The molecule has 0 bridgehead atoms. The van der Waals surface area contributed by atoms with Gasteiger partial charge in [-0.05, 0) is 36.5 Å². The van der Waals surface area contributed by atoms with Crippen LogP contribution in [0.15, 0.2) is 0 Å². The SMILES string of the molecule is CCC1CCN(CC(CS)C(C)C)C1. The van der Waals surface area contributed by atoms with Gasteiger partial charge in [-0.15, -0.1) is 0 Å². The van der Waals surface area contributed by atoms with E-state index < -0.39 is 0 Å². The molecule has 84 valence electrons. The zero-order valence-corrected chi connectivity index (χ0v) is 10.8. The summed E-state index contributed by atoms with van der Waals surface area (Å²) in [7, 11) is 0. The zero-order chi connectivity index (χ0) is 10.6. The minimum atomic E-state index is 0.771. The molecule has 1 aliphatic rings. The Labute approximate surface area is 94.7 Å². The van der Waals surface area contributed by atoms with Crippen molar-refractivity contribution in [3.63, 3.8) is 0 Å². The largest absolute Gasteiger partial charge is 0.303 e. The van der Waals surface area contributed by atoms with Crippen molar-refractivity contribution < 1.29 is 0 Å². The molecule has 0 saturated carbocycles. The van der Waals surface area contributed by atoms with E-state index >= 15 is 0 Å². The predicted octanol–water partition coefficient (Wildman–Crippen LogP) is 2.92. The van der Waals surface area contributed by atoms with E-state index in [1.54, 1.807) is 0 Å². The van der Waals surface area contributed by atoms with Gasteiger partial charge >= 0.3 is 0 Å². The summed E-state index contributed by atoms with van der Waals surface area (Å²) in [5.74, 6) is 3.54. The third-order valence-corrected chi connectivity index (χ3v) is 4.09. The lowest BCUT2D eigenvalue weighted by molar-refractivity contribution is 0.246. The molecule has 0 aromatic rings. The highest BCUT2D eigenvalue weighted by Crippen LogP contribution is 2.22. The van der Waals surface area contributed by atoms with Crippen molar-refractivity contribution in [3.8, 4) is 0 Å². The van der Waals surface area contributed by atoms with E-state index in [0.717, 1.165) is 23.5 Å². The predicted molar refractivity (Wildman–Crippen MR) is 67.0 cm³/mol. The van der Waals surface area contributed by atoms with Crippen LogP contribution in [0.1, 0.15) is 33.6 Å². The maximum atomic E-state index is 4.45. The van der Waals surface area contributed by atoms with Crippen molar-refractivity contribution >= 4 is 12.6 Å². The number of likely N-dealkylation sites (tertiary alicyclic amines) is 1. The lowest BCUT2D eigenvalue weighted by atomic mass is 9.97.